The summed E-state index contributed by atoms with van der Waals surface area (Å²) < 4.78 is 5.29. The highest BCUT2D eigenvalue weighted by Gasteiger charge is 1.99. The third-order valence-electron chi connectivity index (χ3n) is 2.49. The van der Waals surface area contributed by atoms with E-state index in [0.29, 0.717) is 19.0 Å². The van der Waals surface area contributed by atoms with Gasteiger partial charge < -0.3 is 15.4 Å². The number of ether oxygens (including phenoxy) is 1. The Balaban J connectivity index is 1.94. The Morgan fingerprint density at radius 1 is 1.16 bits per heavy atom. The molecule has 0 bridgehead atoms. The van der Waals surface area contributed by atoms with Gasteiger partial charge in [0.15, 0.2) is 0 Å². The SMILES string of the molecule is CCOc1ccc(CNc2cc(NC)ncn2)cn1. The number of hydrogen-bond acceptors (Lipinski definition) is 6. The summed E-state index contributed by atoms with van der Waals surface area (Å²) in [6.45, 7) is 3.21. The van der Waals surface area contributed by atoms with E-state index in [4.69, 9.17) is 4.74 Å². The van der Waals surface area contributed by atoms with Gasteiger partial charge >= 0.3 is 0 Å². The van der Waals surface area contributed by atoms with Crippen molar-refractivity contribution in [3.8, 4) is 5.88 Å². The molecule has 19 heavy (non-hydrogen) atoms. The maximum atomic E-state index is 5.29. The van der Waals surface area contributed by atoms with E-state index in [1.54, 1.807) is 6.20 Å². The maximum absolute atomic E-state index is 5.29. The summed E-state index contributed by atoms with van der Waals surface area (Å²) >= 11 is 0. The maximum Gasteiger partial charge on any atom is 0.213 e. The van der Waals surface area contributed by atoms with Crippen LogP contribution >= 0.6 is 0 Å². The number of rotatable bonds is 6. The average Bonchev–Trinajstić information content (AvgIpc) is 2.47. The van der Waals surface area contributed by atoms with Crippen molar-refractivity contribution in [1.82, 2.24) is 15.0 Å². The molecule has 2 rings (SSSR count). The summed E-state index contributed by atoms with van der Waals surface area (Å²) in [7, 11) is 1.82. The third kappa shape index (κ3) is 3.80. The van der Waals surface area contributed by atoms with Crippen molar-refractivity contribution in [2.45, 2.75) is 13.5 Å². The van der Waals surface area contributed by atoms with Gasteiger partial charge in [-0.1, -0.05) is 6.07 Å². The first-order chi connectivity index (χ1) is 9.31. The quantitative estimate of drug-likeness (QED) is 0.826. The summed E-state index contributed by atoms with van der Waals surface area (Å²) in [5.74, 6) is 2.20. The van der Waals surface area contributed by atoms with Crippen LogP contribution in [0.1, 0.15) is 12.5 Å². The molecule has 6 heteroatoms. The van der Waals surface area contributed by atoms with E-state index >= 15 is 0 Å². The van der Waals surface area contributed by atoms with Crippen molar-refractivity contribution in [3.05, 3.63) is 36.3 Å². The fourth-order valence-corrected chi connectivity index (χ4v) is 1.53. The first kappa shape index (κ1) is 13.1. The number of pyridine rings is 1. The molecule has 0 aliphatic rings. The van der Waals surface area contributed by atoms with Crippen LogP contribution in [0.5, 0.6) is 5.88 Å². The fourth-order valence-electron chi connectivity index (χ4n) is 1.53. The topological polar surface area (TPSA) is 72.0 Å². The molecule has 0 amide bonds. The zero-order valence-corrected chi connectivity index (χ0v) is 11.1. The van der Waals surface area contributed by atoms with Gasteiger partial charge in [-0.3, -0.25) is 0 Å². The molecule has 0 unspecified atom stereocenters. The van der Waals surface area contributed by atoms with Crippen LogP contribution in [0, 0.1) is 0 Å². The molecule has 2 aromatic rings. The number of nitrogens with one attached hydrogen (secondary N) is 2. The van der Waals surface area contributed by atoms with E-state index in [-0.39, 0.29) is 0 Å². The molecule has 0 fully saturated rings. The standard InChI is InChI=1S/C13H17N5O/c1-3-19-13-5-4-10(8-16-13)7-15-12-6-11(14-2)17-9-18-12/h4-6,8-9H,3,7H2,1-2H3,(H2,14,15,17,18). The van der Waals surface area contributed by atoms with Crippen LogP contribution in [0.15, 0.2) is 30.7 Å². The molecule has 0 aliphatic carbocycles. The van der Waals surface area contributed by atoms with Gasteiger partial charge in [-0.2, -0.15) is 0 Å². The molecule has 2 aromatic heterocycles. The zero-order valence-electron chi connectivity index (χ0n) is 11.1. The molecule has 2 N–H and O–H groups in total. The monoisotopic (exact) mass is 259 g/mol. The number of aromatic nitrogens is 3. The highest BCUT2D eigenvalue weighted by atomic mass is 16.5. The lowest BCUT2D eigenvalue weighted by Crippen LogP contribution is -2.03. The van der Waals surface area contributed by atoms with Crippen molar-refractivity contribution < 1.29 is 4.74 Å². The van der Waals surface area contributed by atoms with Crippen molar-refractivity contribution in [2.75, 3.05) is 24.3 Å². The lowest BCUT2D eigenvalue weighted by molar-refractivity contribution is 0.326. The summed E-state index contributed by atoms with van der Waals surface area (Å²) in [5, 5.41) is 6.18. The van der Waals surface area contributed by atoms with Crippen LogP contribution in [0.25, 0.3) is 0 Å². The van der Waals surface area contributed by atoms with Crippen molar-refractivity contribution >= 4 is 11.6 Å². The Morgan fingerprint density at radius 2 is 2.00 bits per heavy atom. The van der Waals surface area contributed by atoms with E-state index in [2.05, 4.69) is 25.6 Å². The minimum atomic E-state index is 0.623. The Kier molecular flexibility index (Phi) is 4.49. The largest absolute Gasteiger partial charge is 0.478 e. The van der Waals surface area contributed by atoms with Crippen molar-refractivity contribution in [1.29, 1.82) is 0 Å². The zero-order chi connectivity index (χ0) is 13.5. The van der Waals surface area contributed by atoms with Gasteiger partial charge in [0.05, 0.1) is 6.61 Å². The summed E-state index contributed by atoms with van der Waals surface area (Å²) in [6, 6.07) is 5.69. The van der Waals surface area contributed by atoms with Crippen LogP contribution in [0.3, 0.4) is 0 Å². The smallest absolute Gasteiger partial charge is 0.213 e. The van der Waals surface area contributed by atoms with Crippen molar-refractivity contribution in [2.24, 2.45) is 0 Å². The van der Waals surface area contributed by atoms with Crippen LogP contribution in [0.4, 0.5) is 11.6 Å². The predicted molar refractivity (Wildman–Crippen MR) is 74.3 cm³/mol. The van der Waals surface area contributed by atoms with Gasteiger partial charge in [-0.05, 0) is 12.5 Å². The summed E-state index contributed by atoms with van der Waals surface area (Å²) in [6.07, 6.45) is 3.31. The molecule has 0 spiro atoms. The van der Waals surface area contributed by atoms with Crippen LogP contribution in [0.2, 0.25) is 0 Å². The normalized spacial score (nSPS) is 10.0. The van der Waals surface area contributed by atoms with Crippen LogP contribution in [-0.4, -0.2) is 28.6 Å². The minimum Gasteiger partial charge on any atom is -0.478 e. The van der Waals surface area contributed by atoms with Crippen LogP contribution < -0.4 is 15.4 Å². The molecule has 0 aliphatic heterocycles. The Bertz CT molecular complexity index is 515. The molecule has 2 heterocycles. The molecular weight excluding hydrogens is 242 g/mol. The van der Waals surface area contributed by atoms with E-state index in [1.807, 2.05) is 32.2 Å². The third-order valence-corrected chi connectivity index (χ3v) is 2.49. The number of nitrogens with zero attached hydrogens (tertiary/aromatic N) is 3. The first-order valence-corrected chi connectivity index (χ1v) is 6.13. The van der Waals surface area contributed by atoms with Gasteiger partial charge in [-0.15, -0.1) is 0 Å². The fraction of sp³-hybridized carbons (Fsp3) is 0.308. The molecule has 100 valence electrons. The summed E-state index contributed by atoms with van der Waals surface area (Å²) in [5.41, 5.74) is 1.06. The van der Waals surface area contributed by atoms with Gasteiger partial charge in [0.1, 0.15) is 18.0 Å². The van der Waals surface area contributed by atoms with Crippen LogP contribution in [-0.2, 0) is 6.54 Å². The van der Waals surface area contributed by atoms with Gasteiger partial charge in [0.25, 0.3) is 0 Å². The molecular formula is C13H17N5O. The Hall–Kier alpha value is -2.37. The van der Waals surface area contributed by atoms with Gasteiger partial charge in [0.2, 0.25) is 5.88 Å². The molecule has 0 saturated carbocycles. The highest BCUT2D eigenvalue weighted by Crippen LogP contribution is 2.11. The lowest BCUT2D eigenvalue weighted by atomic mass is 10.3. The van der Waals surface area contributed by atoms with E-state index in [0.717, 1.165) is 17.2 Å². The molecule has 0 aromatic carbocycles. The Labute approximate surface area is 112 Å². The second-order valence-electron chi connectivity index (χ2n) is 3.83. The van der Waals surface area contributed by atoms with E-state index in [1.165, 1.54) is 6.33 Å². The second-order valence-corrected chi connectivity index (χ2v) is 3.83. The second kappa shape index (κ2) is 6.53. The van der Waals surface area contributed by atoms with Gasteiger partial charge in [0, 0.05) is 31.9 Å². The van der Waals surface area contributed by atoms with Gasteiger partial charge in [-0.25, -0.2) is 15.0 Å². The molecule has 0 saturated heterocycles. The molecule has 0 radical (unpaired) electrons. The number of anilines is 2. The lowest BCUT2D eigenvalue weighted by Gasteiger charge is -2.07. The summed E-state index contributed by atoms with van der Waals surface area (Å²) in [4.78, 5) is 12.4. The predicted octanol–water partition coefficient (Wildman–Crippen LogP) is 1.92. The Morgan fingerprint density at radius 3 is 2.68 bits per heavy atom. The highest BCUT2D eigenvalue weighted by molar-refractivity contribution is 5.46. The first-order valence-electron chi connectivity index (χ1n) is 6.13. The van der Waals surface area contributed by atoms with Crippen molar-refractivity contribution in [3.63, 3.8) is 0 Å². The molecule has 6 nitrogen and oxygen atoms in total. The molecule has 0 atom stereocenters. The number of hydrogen-bond donors (Lipinski definition) is 2. The average molecular weight is 259 g/mol. The minimum absolute atomic E-state index is 0.623. The van der Waals surface area contributed by atoms with E-state index < -0.39 is 0 Å². The van der Waals surface area contributed by atoms with E-state index in [9.17, 15) is 0 Å².